The molecule has 0 aliphatic carbocycles. The Morgan fingerprint density at radius 1 is 0.957 bits per heavy atom. The van der Waals surface area contributed by atoms with E-state index in [-0.39, 0.29) is 5.88 Å². The molecule has 1 heterocycles. The highest BCUT2D eigenvalue weighted by Gasteiger charge is 2.27. The molecule has 5 heteroatoms. The van der Waals surface area contributed by atoms with Crippen LogP contribution in [0.1, 0.15) is 0 Å². The largest absolute Gasteiger partial charge is 0.442 e. The van der Waals surface area contributed by atoms with Crippen molar-refractivity contribution in [3.63, 3.8) is 0 Å². The number of rotatable bonds is 2. The molecule has 0 spiro atoms. The SMILES string of the molecule is O=[N+]([O-])c1oc2ccc3ccccc3c2c1-c1ccccc1I. The molecule has 4 rings (SSSR count). The molecule has 0 bridgehead atoms. The summed E-state index contributed by atoms with van der Waals surface area (Å²) >= 11 is 2.19. The van der Waals surface area contributed by atoms with Gasteiger partial charge in [-0.1, -0.05) is 48.5 Å². The third kappa shape index (κ3) is 2.19. The van der Waals surface area contributed by atoms with Gasteiger partial charge in [-0.15, -0.1) is 0 Å². The number of nitrogens with zero attached hydrogens (tertiary/aromatic N) is 1. The van der Waals surface area contributed by atoms with E-state index in [2.05, 4.69) is 22.6 Å². The number of hydrogen-bond donors (Lipinski definition) is 0. The molecule has 0 saturated heterocycles. The maximum atomic E-state index is 11.5. The Labute approximate surface area is 145 Å². The third-order valence-corrected chi connectivity index (χ3v) is 4.81. The van der Waals surface area contributed by atoms with Crippen molar-refractivity contribution in [1.82, 2.24) is 0 Å². The van der Waals surface area contributed by atoms with Crippen molar-refractivity contribution in [1.29, 1.82) is 0 Å². The fourth-order valence-electron chi connectivity index (χ4n) is 2.90. The van der Waals surface area contributed by atoms with Gasteiger partial charge in [0, 0.05) is 14.5 Å². The first-order chi connectivity index (χ1) is 11.2. The lowest BCUT2D eigenvalue weighted by Gasteiger charge is -2.04. The summed E-state index contributed by atoms with van der Waals surface area (Å²) in [4.78, 5) is 11.1. The van der Waals surface area contributed by atoms with Crippen molar-refractivity contribution in [2.45, 2.75) is 0 Å². The Morgan fingerprint density at radius 3 is 2.48 bits per heavy atom. The van der Waals surface area contributed by atoms with E-state index in [1.54, 1.807) is 6.07 Å². The van der Waals surface area contributed by atoms with E-state index in [4.69, 9.17) is 4.42 Å². The number of nitro groups is 1. The van der Waals surface area contributed by atoms with Crippen molar-refractivity contribution in [2.75, 3.05) is 0 Å². The Balaban J connectivity index is 2.24. The summed E-state index contributed by atoms with van der Waals surface area (Å²) in [5, 5.41) is 14.3. The van der Waals surface area contributed by atoms with Gasteiger partial charge < -0.3 is 4.42 Å². The van der Waals surface area contributed by atoms with Gasteiger partial charge >= 0.3 is 5.88 Å². The van der Waals surface area contributed by atoms with Crippen LogP contribution in [0.4, 0.5) is 5.88 Å². The van der Waals surface area contributed by atoms with Gasteiger partial charge in [0.15, 0.2) is 0 Å². The Kier molecular flexibility index (Phi) is 3.30. The average Bonchev–Trinajstić information content (AvgIpc) is 2.95. The van der Waals surface area contributed by atoms with Gasteiger partial charge in [-0.25, -0.2) is 0 Å². The van der Waals surface area contributed by atoms with Gasteiger partial charge in [-0.3, -0.25) is 10.1 Å². The number of benzene rings is 3. The monoisotopic (exact) mass is 415 g/mol. The van der Waals surface area contributed by atoms with Crippen LogP contribution in [0.5, 0.6) is 0 Å². The third-order valence-electron chi connectivity index (χ3n) is 3.87. The molecule has 0 radical (unpaired) electrons. The lowest BCUT2D eigenvalue weighted by atomic mass is 9.99. The molecular formula is C18H10INO3. The molecule has 4 aromatic rings. The minimum absolute atomic E-state index is 0.208. The molecule has 0 saturated carbocycles. The van der Waals surface area contributed by atoms with Crippen LogP contribution in [0.2, 0.25) is 0 Å². The van der Waals surface area contributed by atoms with Crippen molar-refractivity contribution >= 4 is 50.2 Å². The fraction of sp³-hybridized carbons (Fsp3) is 0. The summed E-state index contributed by atoms with van der Waals surface area (Å²) in [5.74, 6) is -0.208. The van der Waals surface area contributed by atoms with Crippen LogP contribution in [0.25, 0.3) is 32.9 Å². The number of furan rings is 1. The molecule has 3 aromatic carbocycles. The standard InChI is InChI=1S/C18H10INO3/c19-14-8-4-3-7-13(14)17-16-12-6-2-1-5-11(12)9-10-15(16)23-18(17)20(21)22/h1-10H. The predicted molar refractivity (Wildman–Crippen MR) is 98.5 cm³/mol. The lowest BCUT2D eigenvalue weighted by molar-refractivity contribution is -0.400. The smallest absolute Gasteiger partial charge is 0.400 e. The quantitative estimate of drug-likeness (QED) is 0.238. The Bertz CT molecular complexity index is 1070. The first-order valence-electron chi connectivity index (χ1n) is 7.00. The maximum Gasteiger partial charge on any atom is 0.442 e. The van der Waals surface area contributed by atoms with E-state index < -0.39 is 4.92 Å². The maximum absolute atomic E-state index is 11.5. The second-order valence-electron chi connectivity index (χ2n) is 5.18. The summed E-state index contributed by atoms with van der Waals surface area (Å²) in [5.41, 5.74) is 1.90. The molecule has 1 aromatic heterocycles. The summed E-state index contributed by atoms with van der Waals surface area (Å²) in [6, 6.07) is 19.2. The van der Waals surface area contributed by atoms with Crippen LogP contribution in [0.15, 0.2) is 65.1 Å². The van der Waals surface area contributed by atoms with Crippen LogP contribution in [-0.4, -0.2) is 4.92 Å². The zero-order valence-electron chi connectivity index (χ0n) is 11.8. The van der Waals surface area contributed by atoms with Crippen molar-refractivity contribution in [3.05, 3.63) is 74.3 Å². The first-order valence-corrected chi connectivity index (χ1v) is 8.08. The lowest BCUT2D eigenvalue weighted by Crippen LogP contribution is -1.90. The minimum Gasteiger partial charge on any atom is -0.400 e. The molecule has 0 atom stereocenters. The highest BCUT2D eigenvalue weighted by molar-refractivity contribution is 14.1. The van der Waals surface area contributed by atoms with Crippen molar-refractivity contribution in [3.8, 4) is 11.1 Å². The number of halogens is 1. The first kappa shape index (κ1) is 14.2. The van der Waals surface area contributed by atoms with Gasteiger partial charge in [-0.2, -0.15) is 0 Å². The fourth-order valence-corrected chi connectivity index (χ4v) is 3.56. The summed E-state index contributed by atoms with van der Waals surface area (Å²) < 4.78 is 6.52. The molecular weight excluding hydrogens is 405 g/mol. The molecule has 112 valence electrons. The van der Waals surface area contributed by atoms with Gasteiger partial charge in [0.25, 0.3) is 0 Å². The van der Waals surface area contributed by atoms with Gasteiger partial charge in [0.1, 0.15) is 16.1 Å². The van der Waals surface area contributed by atoms with Crippen LogP contribution in [-0.2, 0) is 0 Å². The molecule has 4 nitrogen and oxygen atoms in total. The number of hydrogen-bond acceptors (Lipinski definition) is 3. The van der Waals surface area contributed by atoms with E-state index in [0.29, 0.717) is 11.1 Å². The normalized spacial score (nSPS) is 11.2. The average molecular weight is 415 g/mol. The van der Waals surface area contributed by atoms with Gasteiger partial charge in [0.05, 0.1) is 0 Å². The summed E-state index contributed by atoms with van der Waals surface area (Å²) in [6.07, 6.45) is 0. The molecule has 0 unspecified atom stereocenters. The summed E-state index contributed by atoms with van der Waals surface area (Å²) in [7, 11) is 0. The molecule has 0 aliphatic rings. The second kappa shape index (κ2) is 5.34. The Morgan fingerprint density at radius 2 is 1.70 bits per heavy atom. The zero-order valence-corrected chi connectivity index (χ0v) is 14.0. The van der Waals surface area contributed by atoms with Crippen LogP contribution < -0.4 is 0 Å². The van der Waals surface area contributed by atoms with Gasteiger partial charge in [-0.05, 0) is 45.5 Å². The van der Waals surface area contributed by atoms with Crippen LogP contribution in [0.3, 0.4) is 0 Å². The van der Waals surface area contributed by atoms with Crippen molar-refractivity contribution < 1.29 is 9.34 Å². The second-order valence-corrected chi connectivity index (χ2v) is 6.34. The highest BCUT2D eigenvalue weighted by Crippen LogP contribution is 2.44. The minimum atomic E-state index is -0.451. The van der Waals surface area contributed by atoms with E-state index in [1.165, 1.54) is 0 Å². The summed E-state index contributed by atoms with van der Waals surface area (Å²) in [6.45, 7) is 0. The molecule has 0 aliphatic heterocycles. The topological polar surface area (TPSA) is 56.3 Å². The zero-order chi connectivity index (χ0) is 16.0. The van der Waals surface area contributed by atoms with E-state index in [1.807, 2.05) is 54.6 Å². The highest BCUT2D eigenvalue weighted by atomic mass is 127. The number of fused-ring (bicyclic) bond motifs is 3. The van der Waals surface area contributed by atoms with E-state index in [9.17, 15) is 10.1 Å². The molecule has 0 amide bonds. The van der Waals surface area contributed by atoms with Crippen molar-refractivity contribution in [2.24, 2.45) is 0 Å². The van der Waals surface area contributed by atoms with E-state index >= 15 is 0 Å². The van der Waals surface area contributed by atoms with Gasteiger partial charge in [0.2, 0.25) is 0 Å². The van der Waals surface area contributed by atoms with Crippen LogP contribution >= 0.6 is 22.6 Å². The van der Waals surface area contributed by atoms with E-state index in [0.717, 1.165) is 25.3 Å². The molecule has 0 N–H and O–H groups in total. The molecule has 23 heavy (non-hydrogen) atoms. The van der Waals surface area contributed by atoms with Crippen LogP contribution in [0, 0.1) is 13.7 Å². The Hall–Kier alpha value is -2.41. The predicted octanol–water partition coefficient (Wildman–Crippen LogP) is 5.77. The molecule has 0 fully saturated rings.